The summed E-state index contributed by atoms with van der Waals surface area (Å²) in [6.07, 6.45) is -3.45. The summed E-state index contributed by atoms with van der Waals surface area (Å²) in [6.45, 7) is -0.0728. The molecule has 0 saturated carbocycles. The predicted octanol–water partition coefficient (Wildman–Crippen LogP) is 6.61. The number of imidazole rings is 1. The summed E-state index contributed by atoms with van der Waals surface area (Å²) in [5, 5.41) is 7.61. The molecule has 0 atom stereocenters. The van der Waals surface area contributed by atoms with Gasteiger partial charge in [-0.3, -0.25) is 4.40 Å². The first-order valence-corrected chi connectivity index (χ1v) is 12.0. The highest BCUT2D eigenvalue weighted by Gasteiger charge is 2.60. The van der Waals surface area contributed by atoms with Crippen molar-refractivity contribution >= 4 is 22.6 Å². The van der Waals surface area contributed by atoms with Gasteiger partial charge in [0.05, 0.1) is 5.56 Å². The molecule has 0 amide bonds. The molecule has 41 heavy (non-hydrogen) atoms. The van der Waals surface area contributed by atoms with E-state index < -0.39 is 23.8 Å². The largest absolute Gasteiger partial charge is 0.459 e. The molecule has 0 bridgehead atoms. The van der Waals surface area contributed by atoms with Gasteiger partial charge in [0.15, 0.2) is 0 Å². The number of hydrogen-bond acceptors (Lipinski definition) is 7. The van der Waals surface area contributed by atoms with Gasteiger partial charge in [-0.05, 0) is 47.0 Å². The van der Waals surface area contributed by atoms with Gasteiger partial charge >= 0.3 is 18.1 Å². The van der Waals surface area contributed by atoms with Gasteiger partial charge in [0, 0.05) is 11.6 Å². The lowest BCUT2D eigenvalue weighted by Crippen LogP contribution is -2.34. The summed E-state index contributed by atoms with van der Waals surface area (Å²) in [6, 6.07) is 18.4. The number of hydrogen-bond donors (Lipinski definition) is 0. The van der Waals surface area contributed by atoms with Crippen LogP contribution in [0.5, 0.6) is 0 Å². The van der Waals surface area contributed by atoms with E-state index in [0.717, 1.165) is 12.5 Å². The van der Waals surface area contributed by atoms with E-state index in [1.165, 1.54) is 28.8 Å². The minimum Gasteiger partial charge on any atom is -0.457 e. The van der Waals surface area contributed by atoms with Crippen molar-refractivity contribution in [2.75, 3.05) is 0 Å². The molecule has 0 aliphatic heterocycles. The van der Waals surface area contributed by atoms with Crippen LogP contribution in [0.1, 0.15) is 21.6 Å². The minimum absolute atomic E-state index is 0.0300. The number of halogens is 5. The predicted molar refractivity (Wildman–Crippen MR) is 135 cm³/mol. The number of ether oxygens (including phenoxy) is 1. The molecule has 0 unspecified atom stereocenters. The SMILES string of the molecule is O=C(OCc1ccc(-c2cc(C(F)(F)C(F)(F)F)nc3c2ccc2nc(-c4nnco4)cn23)cc1)c1ccccc1. The zero-order valence-electron chi connectivity index (χ0n) is 20.6. The number of pyridine rings is 2. The molecule has 206 valence electrons. The lowest BCUT2D eigenvalue weighted by molar-refractivity contribution is -0.290. The molecule has 8 nitrogen and oxygen atoms in total. The van der Waals surface area contributed by atoms with Crippen LogP contribution in [0.25, 0.3) is 39.4 Å². The zero-order chi connectivity index (χ0) is 28.8. The average Bonchev–Trinajstić information content (AvgIpc) is 3.66. The quantitative estimate of drug-likeness (QED) is 0.166. The van der Waals surface area contributed by atoms with Crippen LogP contribution in [0.4, 0.5) is 22.0 Å². The highest BCUT2D eigenvalue weighted by Crippen LogP contribution is 2.45. The van der Waals surface area contributed by atoms with E-state index in [1.54, 1.807) is 48.5 Å². The maximum Gasteiger partial charge on any atom is 0.459 e. The molecular formula is C28H16F5N5O3. The molecule has 4 aromatic heterocycles. The third-order valence-electron chi connectivity index (χ3n) is 6.30. The van der Waals surface area contributed by atoms with Crippen molar-refractivity contribution < 1.29 is 35.9 Å². The Bertz CT molecular complexity index is 1870. The maximum atomic E-state index is 14.6. The first-order chi connectivity index (χ1) is 19.6. The molecule has 0 radical (unpaired) electrons. The van der Waals surface area contributed by atoms with Gasteiger partial charge in [-0.15, -0.1) is 10.2 Å². The molecule has 0 spiro atoms. The Morgan fingerprint density at radius 2 is 1.68 bits per heavy atom. The summed E-state index contributed by atoms with van der Waals surface area (Å²) in [5.74, 6) is -5.74. The first kappa shape index (κ1) is 26.0. The van der Waals surface area contributed by atoms with Gasteiger partial charge in [0.2, 0.25) is 6.39 Å². The Hall–Kier alpha value is -5.20. The van der Waals surface area contributed by atoms with Crippen LogP contribution in [0.2, 0.25) is 0 Å². The van der Waals surface area contributed by atoms with Crippen LogP contribution in [0.15, 0.2) is 89.8 Å². The third-order valence-corrected chi connectivity index (χ3v) is 6.30. The lowest BCUT2D eigenvalue weighted by Gasteiger charge is -2.21. The Morgan fingerprint density at radius 3 is 2.37 bits per heavy atom. The fourth-order valence-electron chi connectivity index (χ4n) is 4.25. The summed E-state index contributed by atoms with van der Waals surface area (Å²) < 4.78 is 81.1. The van der Waals surface area contributed by atoms with Crippen LogP contribution < -0.4 is 0 Å². The number of rotatable bonds is 6. The second-order valence-electron chi connectivity index (χ2n) is 8.94. The van der Waals surface area contributed by atoms with Crippen molar-refractivity contribution in [1.82, 2.24) is 24.6 Å². The van der Waals surface area contributed by atoms with Crippen molar-refractivity contribution in [1.29, 1.82) is 0 Å². The average molecular weight is 565 g/mol. The fourth-order valence-corrected chi connectivity index (χ4v) is 4.25. The van der Waals surface area contributed by atoms with E-state index in [-0.39, 0.29) is 40.4 Å². The van der Waals surface area contributed by atoms with Gasteiger partial charge in [0.25, 0.3) is 5.89 Å². The second-order valence-corrected chi connectivity index (χ2v) is 8.94. The van der Waals surface area contributed by atoms with E-state index in [9.17, 15) is 26.7 Å². The second kappa shape index (κ2) is 9.77. The van der Waals surface area contributed by atoms with Gasteiger partial charge in [0.1, 0.15) is 29.3 Å². The Labute approximate surface area is 227 Å². The van der Waals surface area contributed by atoms with Crippen molar-refractivity contribution in [3.05, 3.63) is 102 Å². The number of carbonyl (C=O) groups is 1. The molecule has 0 N–H and O–H groups in total. The molecule has 6 rings (SSSR count). The van der Waals surface area contributed by atoms with Crippen molar-refractivity contribution in [3.63, 3.8) is 0 Å². The number of nitrogens with zero attached hydrogens (tertiary/aromatic N) is 5. The van der Waals surface area contributed by atoms with Gasteiger partial charge in [-0.2, -0.15) is 22.0 Å². The number of esters is 1. The number of aromatic nitrogens is 5. The Kier molecular flexibility index (Phi) is 6.20. The number of fused-ring (bicyclic) bond motifs is 3. The van der Waals surface area contributed by atoms with E-state index in [2.05, 4.69) is 20.2 Å². The van der Waals surface area contributed by atoms with Gasteiger partial charge in [-0.1, -0.05) is 42.5 Å². The van der Waals surface area contributed by atoms with Crippen LogP contribution in [-0.2, 0) is 17.3 Å². The Balaban J connectivity index is 1.42. The first-order valence-electron chi connectivity index (χ1n) is 12.0. The van der Waals surface area contributed by atoms with E-state index in [1.807, 2.05) is 0 Å². The molecule has 4 heterocycles. The molecule has 6 aromatic rings. The van der Waals surface area contributed by atoms with Crippen LogP contribution >= 0.6 is 0 Å². The molecular weight excluding hydrogens is 549 g/mol. The minimum atomic E-state index is -5.88. The van der Waals surface area contributed by atoms with E-state index in [0.29, 0.717) is 16.7 Å². The summed E-state index contributed by atoms with van der Waals surface area (Å²) in [5.41, 5.74) is 0.111. The number of benzene rings is 2. The maximum absolute atomic E-state index is 14.6. The smallest absolute Gasteiger partial charge is 0.457 e. The zero-order valence-corrected chi connectivity index (χ0v) is 20.6. The normalized spacial score (nSPS) is 12.2. The monoisotopic (exact) mass is 565 g/mol. The van der Waals surface area contributed by atoms with Crippen molar-refractivity contribution in [2.24, 2.45) is 0 Å². The lowest BCUT2D eigenvalue weighted by atomic mass is 9.99. The van der Waals surface area contributed by atoms with Crippen molar-refractivity contribution in [3.8, 4) is 22.7 Å². The van der Waals surface area contributed by atoms with Crippen molar-refractivity contribution in [2.45, 2.75) is 18.7 Å². The standard InChI is InChI=1S/C28H16F5N5O3/c29-27(30,28(31,32)33)22-12-20(17-8-6-16(7-9-17)14-40-26(39)18-4-2-1-3-5-18)19-10-11-23-35-21(25-37-34-15-41-25)13-38(23)24(19)36-22/h1-13,15H,14H2. The molecule has 13 heteroatoms. The highest BCUT2D eigenvalue weighted by atomic mass is 19.4. The van der Waals surface area contributed by atoms with Crippen LogP contribution in [-0.4, -0.2) is 36.7 Å². The molecule has 0 fully saturated rings. The van der Waals surface area contributed by atoms with E-state index in [4.69, 9.17) is 9.15 Å². The molecule has 2 aromatic carbocycles. The third kappa shape index (κ3) is 4.75. The molecule has 0 aliphatic carbocycles. The van der Waals surface area contributed by atoms with Crippen LogP contribution in [0.3, 0.4) is 0 Å². The summed E-state index contributed by atoms with van der Waals surface area (Å²) >= 11 is 0. The topological polar surface area (TPSA) is 95.4 Å². The number of carbonyl (C=O) groups excluding carboxylic acids is 1. The van der Waals surface area contributed by atoms with E-state index >= 15 is 0 Å². The van der Waals surface area contributed by atoms with Gasteiger partial charge < -0.3 is 9.15 Å². The Morgan fingerprint density at radius 1 is 0.927 bits per heavy atom. The molecule has 0 aliphatic rings. The van der Waals surface area contributed by atoms with Gasteiger partial charge in [-0.25, -0.2) is 14.8 Å². The fraction of sp³-hybridized carbons (Fsp3) is 0.107. The highest BCUT2D eigenvalue weighted by molar-refractivity contribution is 5.94. The molecule has 0 saturated heterocycles. The number of alkyl halides is 5. The summed E-state index contributed by atoms with van der Waals surface area (Å²) in [7, 11) is 0. The summed E-state index contributed by atoms with van der Waals surface area (Å²) in [4.78, 5) is 20.3. The van der Waals surface area contributed by atoms with Crippen LogP contribution in [0, 0.1) is 0 Å².